The summed E-state index contributed by atoms with van der Waals surface area (Å²) in [5.41, 5.74) is 11.4. The van der Waals surface area contributed by atoms with Crippen LogP contribution in [0.15, 0.2) is 48.7 Å². The number of nitrogens with zero attached hydrogens (tertiary/aromatic N) is 4. The van der Waals surface area contributed by atoms with Crippen LogP contribution in [0.25, 0.3) is 22.0 Å². The molecule has 0 spiro atoms. The van der Waals surface area contributed by atoms with Crippen molar-refractivity contribution in [1.29, 1.82) is 5.26 Å². The zero-order valence-electron chi connectivity index (χ0n) is 14.4. The summed E-state index contributed by atoms with van der Waals surface area (Å²) in [7, 11) is 1.90. The molecule has 3 aromatic rings. The minimum atomic E-state index is -0.119. The first-order valence-electron chi connectivity index (χ1n) is 8.19. The number of anilines is 1. The molecule has 1 amide bonds. The summed E-state index contributed by atoms with van der Waals surface area (Å²) in [6, 6.07) is 11.7. The van der Waals surface area contributed by atoms with E-state index in [1.165, 1.54) is 0 Å². The van der Waals surface area contributed by atoms with Crippen LogP contribution in [-0.2, 0) is 13.6 Å². The van der Waals surface area contributed by atoms with E-state index in [-0.39, 0.29) is 12.5 Å². The molecule has 0 saturated carbocycles. The van der Waals surface area contributed by atoms with Gasteiger partial charge in [-0.15, -0.1) is 0 Å². The molecular weight excluding hydrogens is 326 g/mol. The van der Waals surface area contributed by atoms with E-state index in [0.29, 0.717) is 23.4 Å². The molecule has 0 saturated heterocycles. The SMILES string of the molecule is C=C(C#N)CN1Cc2c(cc(N)cc2-c2ccc3cnn(C)c3c2)C1=O. The summed E-state index contributed by atoms with van der Waals surface area (Å²) in [4.78, 5) is 14.3. The maximum Gasteiger partial charge on any atom is 0.254 e. The predicted octanol–water partition coefficient (Wildman–Crippen LogP) is 2.86. The fourth-order valence-electron chi connectivity index (χ4n) is 3.45. The topological polar surface area (TPSA) is 87.9 Å². The zero-order chi connectivity index (χ0) is 18.4. The molecule has 2 heterocycles. The summed E-state index contributed by atoms with van der Waals surface area (Å²) >= 11 is 0. The van der Waals surface area contributed by atoms with Crippen LogP contribution in [0.3, 0.4) is 0 Å². The Hall–Kier alpha value is -3.59. The zero-order valence-corrected chi connectivity index (χ0v) is 14.4. The third-order valence-corrected chi connectivity index (χ3v) is 4.74. The highest BCUT2D eigenvalue weighted by molar-refractivity contribution is 6.02. The van der Waals surface area contributed by atoms with E-state index in [2.05, 4.69) is 17.7 Å². The van der Waals surface area contributed by atoms with Crippen LogP contribution < -0.4 is 5.73 Å². The molecule has 0 radical (unpaired) electrons. The second-order valence-corrected chi connectivity index (χ2v) is 6.51. The molecule has 4 rings (SSSR count). The van der Waals surface area contributed by atoms with Crippen molar-refractivity contribution in [3.8, 4) is 17.2 Å². The molecule has 1 aliphatic heterocycles. The number of nitrogen functional groups attached to an aromatic ring is 1. The Balaban J connectivity index is 1.83. The van der Waals surface area contributed by atoms with Crippen molar-refractivity contribution in [3.05, 3.63) is 59.8 Å². The molecule has 2 aromatic carbocycles. The van der Waals surface area contributed by atoms with E-state index in [0.717, 1.165) is 27.6 Å². The lowest BCUT2D eigenvalue weighted by atomic mass is 9.95. The first kappa shape index (κ1) is 15.9. The van der Waals surface area contributed by atoms with Gasteiger partial charge in [-0.1, -0.05) is 18.7 Å². The van der Waals surface area contributed by atoms with Crippen molar-refractivity contribution in [2.24, 2.45) is 7.05 Å². The molecule has 0 bridgehead atoms. The Morgan fingerprint density at radius 1 is 1.35 bits per heavy atom. The highest BCUT2D eigenvalue weighted by Crippen LogP contribution is 2.36. The minimum absolute atomic E-state index is 0.119. The summed E-state index contributed by atoms with van der Waals surface area (Å²) in [5, 5.41) is 14.3. The van der Waals surface area contributed by atoms with Gasteiger partial charge in [0.15, 0.2) is 0 Å². The highest BCUT2D eigenvalue weighted by atomic mass is 16.2. The number of nitriles is 1. The minimum Gasteiger partial charge on any atom is -0.399 e. The summed E-state index contributed by atoms with van der Waals surface area (Å²) in [5.74, 6) is -0.119. The molecule has 1 aliphatic rings. The van der Waals surface area contributed by atoms with Gasteiger partial charge >= 0.3 is 0 Å². The number of carbonyl (C=O) groups excluding carboxylic acids is 1. The fourth-order valence-corrected chi connectivity index (χ4v) is 3.45. The van der Waals surface area contributed by atoms with E-state index < -0.39 is 0 Å². The second kappa shape index (κ2) is 5.74. The van der Waals surface area contributed by atoms with E-state index in [1.807, 2.05) is 42.2 Å². The van der Waals surface area contributed by atoms with Crippen LogP contribution in [0, 0.1) is 11.3 Å². The molecule has 6 heteroatoms. The number of benzene rings is 2. The van der Waals surface area contributed by atoms with Crippen molar-refractivity contribution in [2.75, 3.05) is 12.3 Å². The van der Waals surface area contributed by atoms with Gasteiger partial charge in [0.25, 0.3) is 5.91 Å². The van der Waals surface area contributed by atoms with Crippen LogP contribution in [-0.4, -0.2) is 27.1 Å². The molecule has 0 unspecified atom stereocenters. The van der Waals surface area contributed by atoms with Crippen molar-refractivity contribution in [1.82, 2.24) is 14.7 Å². The predicted molar refractivity (Wildman–Crippen MR) is 100 cm³/mol. The Bertz CT molecular complexity index is 1120. The highest BCUT2D eigenvalue weighted by Gasteiger charge is 2.30. The first-order valence-corrected chi connectivity index (χ1v) is 8.19. The fraction of sp³-hybridized carbons (Fsp3) is 0.150. The molecule has 0 atom stereocenters. The second-order valence-electron chi connectivity index (χ2n) is 6.51. The normalized spacial score (nSPS) is 13.1. The summed E-state index contributed by atoms with van der Waals surface area (Å²) < 4.78 is 1.82. The van der Waals surface area contributed by atoms with Crippen LogP contribution in [0.1, 0.15) is 15.9 Å². The Kier molecular flexibility index (Phi) is 3.51. The average Bonchev–Trinajstić information content (AvgIpc) is 3.15. The van der Waals surface area contributed by atoms with Gasteiger partial charge in [0.05, 0.1) is 24.3 Å². The van der Waals surface area contributed by atoms with Crippen LogP contribution in [0.2, 0.25) is 0 Å². The van der Waals surface area contributed by atoms with E-state index in [9.17, 15) is 4.79 Å². The van der Waals surface area contributed by atoms with Gasteiger partial charge in [-0.25, -0.2) is 0 Å². The maximum atomic E-state index is 12.7. The number of aryl methyl sites for hydroxylation is 1. The van der Waals surface area contributed by atoms with Crippen molar-refractivity contribution < 1.29 is 4.79 Å². The third-order valence-electron chi connectivity index (χ3n) is 4.74. The van der Waals surface area contributed by atoms with Crippen LogP contribution in [0.4, 0.5) is 5.69 Å². The van der Waals surface area contributed by atoms with Gasteiger partial charge in [-0.05, 0) is 34.9 Å². The van der Waals surface area contributed by atoms with Gasteiger partial charge in [-0.3, -0.25) is 9.48 Å². The van der Waals surface area contributed by atoms with E-state index in [1.54, 1.807) is 11.0 Å². The summed E-state index contributed by atoms with van der Waals surface area (Å²) in [6.07, 6.45) is 1.82. The Labute approximate surface area is 150 Å². The number of hydrogen-bond donors (Lipinski definition) is 1. The maximum absolute atomic E-state index is 12.7. The lowest BCUT2D eigenvalue weighted by Gasteiger charge is -2.14. The van der Waals surface area contributed by atoms with E-state index >= 15 is 0 Å². The number of fused-ring (bicyclic) bond motifs is 2. The Morgan fingerprint density at radius 3 is 2.88 bits per heavy atom. The van der Waals surface area contributed by atoms with Crippen molar-refractivity contribution in [2.45, 2.75) is 6.54 Å². The van der Waals surface area contributed by atoms with Gasteiger partial charge in [0.2, 0.25) is 0 Å². The molecular formula is C20H17N5O. The molecule has 128 valence electrons. The molecule has 0 aliphatic carbocycles. The van der Waals surface area contributed by atoms with Crippen LogP contribution >= 0.6 is 0 Å². The number of hydrogen-bond acceptors (Lipinski definition) is 4. The van der Waals surface area contributed by atoms with Gasteiger partial charge in [0, 0.05) is 35.8 Å². The van der Waals surface area contributed by atoms with E-state index in [4.69, 9.17) is 11.0 Å². The molecule has 6 nitrogen and oxygen atoms in total. The number of aromatic nitrogens is 2. The Morgan fingerprint density at radius 2 is 2.12 bits per heavy atom. The molecule has 26 heavy (non-hydrogen) atoms. The largest absolute Gasteiger partial charge is 0.399 e. The first-order chi connectivity index (χ1) is 12.5. The number of rotatable bonds is 3. The van der Waals surface area contributed by atoms with Crippen molar-refractivity contribution in [3.63, 3.8) is 0 Å². The standard InChI is InChI=1S/C20H17N5O/c1-12(8-21)10-25-11-18-16(6-15(22)7-17(18)20(25)26)13-3-4-14-9-23-24(2)19(14)5-13/h3-7,9H,1,10-11,22H2,2H3. The smallest absolute Gasteiger partial charge is 0.254 e. The lowest BCUT2D eigenvalue weighted by Crippen LogP contribution is -2.25. The van der Waals surface area contributed by atoms with Gasteiger partial charge in [-0.2, -0.15) is 10.4 Å². The van der Waals surface area contributed by atoms with Gasteiger partial charge < -0.3 is 10.6 Å². The molecule has 0 fully saturated rings. The number of carbonyl (C=O) groups is 1. The van der Waals surface area contributed by atoms with Crippen LogP contribution in [0.5, 0.6) is 0 Å². The average molecular weight is 343 g/mol. The lowest BCUT2D eigenvalue weighted by molar-refractivity contribution is 0.0794. The van der Waals surface area contributed by atoms with Crippen molar-refractivity contribution >= 4 is 22.5 Å². The monoisotopic (exact) mass is 343 g/mol. The summed E-state index contributed by atoms with van der Waals surface area (Å²) in [6.45, 7) is 4.35. The number of amides is 1. The number of nitrogens with two attached hydrogens (primary N) is 1. The quantitative estimate of drug-likeness (QED) is 0.585. The third kappa shape index (κ3) is 2.42. The molecule has 2 N–H and O–H groups in total. The van der Waals surface area contributed by atoms with Gasteiger partial charge in [0.1, 0.15) is 0 Å². The molecule has 1 aromatic heterocycles.